The van der Waals surface area contributed by atoms with Gasteiger partial charge in [0.2, 0.25) is 6.79 Å². The number of amides is 2. The molecule has 2 aliphatic heterocycles. The van der Waals surface area contributed by atoms with Crippen LogP contribution in [0.25, 0.3) is 6.08 Å². The van der Waals surface area contributed by atoms with E-state index in [1.54, 1.807) is 25.3 Å². The summed E-state index contributed by atoms with van der Waals surface area (Å²) in [6, 6.07) is 9.54. The van der Waals surface area contributed by atoms with Gasteiger partial charge in [-0.1, -0.05) is 30.0 Å². The molecule has 2 amide bonds. The summed E-state index contributed by atoms with van der Waals surface area (Å²) in [5.74, 6) is 0.527. The van der Waals surface area contributed by atoms with Crippen molar-refractivity contribution in [1.82, 2.24) is 10.2 Å². The Morgan fingerprint density at radius 2 is 2.06 bits per heavy atom. The number of thioether (sulfide) groups is 1. The summed E-state index contributed by atoms with van der Waals surface area (Å²) in [7, 11) is 1.56. The molecule has 12 heteroatoms. The maximum Gasteiger partial charge on any atom is 0.293 e. The van der Waals surface area contributed by atoms with Crippen molar-refractivity contribution in [3.05, 3.63) is 62.5 Å². The molecule has 2 heterocycles. The molecule has 4 rings (SSSR count). The molecule has 0 radical (unpaired) electrons. The average molecular weight is 487 g/mol. The van der Waals surface area contributed by atoms with Gasteiger partial charge in [0.15, 0.2) is 11.5 Å². The quantitative estimate of drug-likeness (QED) is 0.263. The molecule has 170 valence electrons. The number of thiocarbonyl (C=S) groups is 1. The molecule has 33 heavy (non-hydrogen) atoms. The van der Waals surface area contributed by atoms with Gasteiger partial charge in [-0.2, -0.15) is 0 Å². The lowest BCUT2D eigenvalue weighted by Crippen LogP contribution is -2.37. The van der Waals surface area contributed by atoms with Crippen LogP contribution in [0.5, 0.6) is 11.5 Å². The predicted molar refractivity (Wildman–Crippen MR) is 127 cm³/mol. The van der Waals surface area contributed by atoms with E-state index in [4.69, 9.17) is 21.7 Å². The van der Waals surface area contributed by atoms with E-state index >= 15 is 0 Å². The third-order valence-corrected chi connectivity index (χ3v) is 6.29. The minimum atomic E-state index is -0.560. The molecule has 0 aliphatic carbocycles. The van der Waals surface area contributed by atoms with Gasteiger partial charge >= 0.3 is 0 Å². The van der Waals surface area contributed by atoms with Crippen LogP contribution in [0.4, 0.5) is 11.4 Å². The number of hydrogen-bond acceptors (Lipinski definition) is 9. The largest absolute Gasteiger partial charge is 0.454 e. The lowest BCUT2D eigenvalue weighted by molar-refractivity contribution is -0.384. The van der Waals surface area contributed by atoms with Gasteiger partial charge in [-0.15, -0.1) is 0 Å². The normalized spacial score (nSPS) is 15.8. The topological polar surface area (TPSA) is 123 Å². The first-order chi connectivity index (χ1) is 15.9. The smallest absolute Gasteiger partial charge is 0.293 e. The first kappa shape index (κ1) is 22.6. The van der Waals surface area contributed by atoms with Crippen LogP contribution in [0.2, 0.25) is 0 Å². The number of nitrogens with zero attached hydrogens (tertiary/aromatic N) is 2. The van der Waals surface area contributed by atoms with Crippen LogP contribution in [-0.4, -0.2) is 52.9 Å². The Balaban J connectivity index is 1.37. The summed E-state index contributed by atoms with van der Waals surface area (Å²) in [6.45, 7) is 0.468. The zero-order chi connectivity index (χ0) is 23.5. The summed E-state index contributed by atoms with van der Waals surface area (Å²) in [4.78, 5) is 37.7. The number of nitro groups is 1. The van der Waals surface area contributed by atoms with E-state index in [1.807, 2.05) is 6.07 Å². The Kier molecular flexibility index (Phi) is 6.47. The molecule has 2 aliphatic rings. The second kappa shape index (κ2) is 9.46. The van der Waals surface area contributed by atoms with Crippen LogP contribution in [0.15, 0.2) is 41.3 Å². The number of carbonyl (C=O) groups is 2. The van der Waals surface area contributed by atoms with Crippen LogP contribution in [0.1, 0.15) is 15.9 Å². The molecule has 1 saturated heterocycles. The Bertz CT molecular complexity index is 1200. The minimum Gasteiger partial charge on any atom is -0.454 e. The van der Waals surface area contributed by atoms with E-state index in [0.717, 1.165) is 5.56 Å². The molecule has 0 aromatic heterocycles. The Morgan fingerprint density at radius 3 is 2.82 bits per heavy atom. The van der Waals surface area contributed by atoms with Gasteiger partial charge in [-0.25, -0.2) is 0 Å². The highest BCUT2D eigenvalue weighted by Gasteiger charge is 2.32. The predicted octanol–water partition coefficient (Wildman–Crippen LogP) is 3.00. The molecular formula is C21H18N4O6S2. The van der Waals surface area contributed by atoms with Crippen LogP contribution < -0.4 is 20.1 Å². The van der Waals surface area contributed by atoms with Crippen LogP contribution >= 0.6 is 24.0 Å². The van der Waals surface area contributed by atoms with E-state index in [1.165, 1.54) is 34.9 Å². The molecule has 0 unspecified atom stereocenters. The standard InChI is InChI=1S/C21H18N4O6S2/c1-22-14-4-3-13(10-15(14)25(28)29)19(26)23-6-7-24-20(27)18(33-21(24)32)9-12-2-5-16-17(8-12)31-11-30-16/h2-5,8-10,22H,6-7,11H2,1H3,(H,23,26)/b18-9+. The fourth-order valence-electron chi connectivity index (χ4n) is 3.27. The van der Waals surface area contributed by atoms with Crippen molar-refractivity contribution in [2.24, 2.45) is 0 Å². The highest BCUT2D eigenvalue weighted by molar-refractivity contribution is 8.26. The number of hydrogen-bond donors (Lipinski definition) is 2. The molecule has 10 nitrogen and oxygen atoms in total. The van der Waals surface area contributed by atoms with Crippen molar-refractivity contribution in [3.63, 3.8) is 0 Å². The zero-order valence-electron chi connectivity index (χ0n) is 17.3. The summed E-state index contributed by atoms with van der Waals surface area (Å²) >= 11 is 6.50. The third-order valence-electron chi connectivity index (χ3n) is 4.91. The van der Waals surface area contributed by atoms with Crippen LogP contribution in [0.3, 0.4) is 0 Å². The molecule has 2 aromatic carbocycles. The fraction of sp³-hybridized carbons (Fsp3) is 0.190. The lowest BCUT2D eigenvalue weighted by atomic mass is 10.1. The highest BCUT2D eigenvalue weighted by atomic mass is 32.2. The van der Waals surface area contributed by atoms with Crippen molar-refractivity contribution in [3.8, 4) is 11.5 Å². The summed E-state index contributed by atoms with van der Waals surface area (Å²) < 4.78 is 11.0. The Morgan fingerprint density at radius 1 is 1.27 bits per heavy atom. The third kappa shape index (κ3) is 4.76. The van der Waals surface area contributed by atoms with E-state index in [-0.39, 0.29) is 37.0 Å². The molecule has 0 spiro atoms. The lowest BCUT2D eigenvalue weighted by Gasteiger charge is -2.15. The molecular weight excluding hydrogens is 468 g/mol. The average Bonchev–Trinajstić information content (AvgIpc) is 3.37. The Labute approximate surface area is 198 Å². The number of carbonyl (C=O) groups excluding carboxylic acids is 2. The van der Waals surface area contributed by atoms with Crippen molar-refractivity contribution < 1.29 is 24.0 Å². The molecule has 0 saturated carbocycles. The Hall–Kier alpha value is -3.64. The molecule has 2 N–H and O–H groups in total. The van der Waals surface area contributed by atoms with Crippen molar-refractivity contribution in [2.75, 3.05) is 32.2 Å². The number of ether oxygens (including phenoxy) is 2. The van der Waals surface area contributed by atoms with Gasteiger partial charge in [-0.05, 0) is 35.9 Å². The van der Waals surface area contributed by atoms with Crippen LogP contribution in [-0.2, 0) is 4.79 Å². The maximum atomic E-state index is 12.8. The van der Waals surface area contributed by atoms with Gasteiger partial charge < -0.3 is 20.1 Å². The number of anilines is 1. The highest BCUT2D eigenvalue weighted by Crippen LogP contribution is 2.36. The minimum absolute atomic E-state index is 0.129. The number of nitro benzene ring substituents is 1. The summed E-state index contributed by atoms with van der Waals surface area (Å²) in [5, 5.41) is 16.6. The molecule has 2 aromatic rings. The number of nitrogens with one attached hydrogen (secondary N) is 2. The molecule has 0 atom stereocenters. The van der Waals surface area contributed by atoms with Gasteiger partial charge in [0.1, 0.15) is 10.0 Å². The van der Waals surface area contributed by atoms with Gasteiger partial charge in [0, 0.05) is 31.8 Å². The summed E-state index contributed by atoms with van der Waals surface area (Å²) in [6.07, 6.45) is 1.72. The van der Waals surface area contributed by atoms with Crippen molar-refractivity contribution >= 4 is 57.6 Å². The zero-order valence-corrected chi connectivity index (χ0v) is 19.0. The number of rotatable bonds is 7. The van der Waals surface area contributed by atoms with E-state index in [0.29, 0.717) is 26.4 Å². The van der Waals surface area contributed by atoms with E-state index < -0.39 is 10.8 Å². The SMILES string of the molecule is CNc1ccc(C(=O)NCCN2C(=O)/C(=C\c3ccc4c(c3)OCO4)SC2=S)cc1[N+](=O)[O-]. The fourth-order valence-corrected chi connectivity index (χ4v) is 4.57. The van der Waals surface area contributed by atoms with Gasteiger partial charge in [0.25, 0.3) is 17.5 Å². The monoisotopic (exact) mass is 486 g/mol. The molecule has 1 fully saturated rings. The number of fused-ring (bicyclic) bond motifs is 1. The van der Waals surface area contributed by atoms with Gasteiger partial charge in [0.05, 0.1) is 9.83 Å². The molecule has 0 bridgehead atoms. The van der Waals surface area contributed by atoms with Crippen molar-refractivity contribution in [1.29, 1.82) is 0 Å². The first-order valence-electron chi connectivity index (χ1n) is 9.77. The van der Waals surface area contributed by atoms with Gasteiger partial charge in [-0.3, -0.25) is 24.6 Å². The first-order valence-corrected chi connectivity index (χ1v) is 11.0. The van der Waals surface area contributed by atoms with Crippen molar-refractivity contribution in [2.45, 2.75) is 0 Å². The van der Waals surface area contributed by atoms with E-state index in [2.05, 4.69) is 10.6 Å². The second-order valence-corrected chi connectivity index (χ2v) is 8.62. The van der Waals surface area contributed by atoms with Crippen LogP contribution in [0, 0.1) is 10.1 Å². The number of benzene rings is 2. The maximum absolute atomic E-state index is 12.8. The summed E-state index contributed by atoms with van der Waals surface area (Å²) in [5.41, 5.74) is 1.03. The second-order valence-electron chi connectivity index (χ2n) is 6.94. The van der Waals surface area contributed by atoms with E-state index in [9.17, 15) is 19.7 Å².